The van der Waals surface area contributed by atoms with E-state index in [1.54, 1.807) is 6.92 Å². The molecule has 0 saturated heterocycles. The van der Waals surface area contributed by atoms with E-state index in [9.17, 15) is 10.1 Å². The van der Waals surface area contributed by atoms with Crippen LogP contribution in [0.4, 0.5) is 5.69 Å². The number of carbonyl (C=O) groups is 1. The Labute approximate surface area is 128 Å². The van der Waals surface area contributed by atoms with Crippen LogP contribution in [-0.4, -0.2) is 16.2 Å². The lowest BCUT2D eigenvalue weighted by atomic mass is 10.0. The molecule has 0 radical (unpaired) electrons. The summed E-state index contributed by atoms with van der Waals surface area (Å²) in [6.45, 7) is 1.75. The summed E-state index contributed by atoms with van der Waals surface area (Å²) in [5.41, 5.74) is 2.67. The molecule has 22 heavy (non-hydrogen) atoms. The third kappa shape index (κ3) is 2.21. The van der Waals surface area contributed by atoms with Gasteiger partial charge < -0.3 is 4.57 Å². The highest BCUT2D eigenvalue weighted by Gasteiger charge is 2.32. The lowest BCUT2D eigenvalue weighted by molar-refractivity contribution is -0.114. The van der Waals surface area contributed by atoms with Crippen molar-refractivity contribution >= 4 is 22.9 Å². The fraction of sp³-hybridized carbons (Fsp3) is 0.118. The second-order valence-corrected chi connectivity index (χ2v) is 5.07. The number of aromatic nitrogens is 1. The molecule has 0 spiro atoms. The normalized spacial score (nSPS) is 16.5. The number of aryl methyl sites for hydroxylation is 1. The average Bonchev–Trinajstić information content (AvgIpc) is 3.07. The van der Waals surface area contributed by atoms with E-state index in [1.165, 1.54) is 5.01 Å². The van der Waals surface area contributed by atoms with Crippen molar-refractivity contribution in [2.24, 2.45) is 12.1 Å². The number of hydrogen-bond donors (Lipinski definition) is 0. The fourth-order valence-electron chi connectivity index (χ4n) is 2.45. The Morgan fingerprint density at radius 1 is 1.23 bits per heavy atom. The number of hydrogen-bond acceptors (Lipinski definition) is 3. The van der Waals surface area contributed by atoms with Gasteiger partial charge in [-0.3, -0.25) is 4.79 Å². The van der Waals surface area contributed by atoms with Crippen LogP contribution in [-0.2, 0) is 11.8 Å². The number of amides is 1. The Morgan fingerprint density at radius 3 is 2.55 bits per heavy atom. The number of hydrazone groups is 1. The maximum atomic E-state index is 12.7. The number of benzene rings is 1. The smallest absolute Gasteiger partial charge is 0.281 e. The number of anilines is 1. The Balaban J connectivity index is 2.09. The van der Waals surface area contributed by atoms with E-state index in [1.807, 2.05) is 60.4 Å². The van der Waals surface area contributed by atoms with Gasteiger partial charge >= 0.3 is 0 Å². The van der Waals surface area contributed by atoms with Gasteiger partial charge in [0.1, 0.15) is 6.07 Å². The zero-order valence-corrected chi connectivity index (χ0v) is 12.3. The highest BCUT2D eigenvalue weighted by molar-refractivity contribution is 6.34. The summed E-state index contributed by atoms with van der Waals surface area (Å²) in [6.07, 6.45) is 3.66. The minimum absolute atomic E-state index is 0.274. The number of nitriles is 1. The van der Waals surface area contributed by atoms with Crippen LogP contribution in [0.1, 0.15) is 12.5 Å². The van der Waals surface area contributed by atoms with E-state index in [2.05, 4.69) is 11.2 Å². The first-order chi connectivity index (χ1) is 10.6. The predicted molar refractivity (Wildman–Crippen MR) is 85.0 cm³/mol. The largest absolute Gasteiger partial charge is 0.357 e. The summed E-state index contributed by atoms with van der Waals surface area (Å²) < 4.78 is 1.84. The molecule has 0 N–H and O–H groups in total. The topological polar surface area (TPSA) is 61.4 Å². The molecular formula is C17H14N4O. The first-order valence-corrected chi connectivity index (χ1v) is 6.83. The Hall–Kier alpha value is -3.13. The molecule has 108 valence electrons. The standard InChI is InChI=1S/C17H14N4O/c1-12-16(15(10-18)13-8-9-20(2)11-13)17(22)21(19-12)14-6-4-3-5-7-14/h3-9,11H,1-2H3/b16-15-. The average molecular weight is 290 g/mol. The van der Waals surface area contributed by atoms with Crippen LogP contribution in [0.5, 0.6) is 0 Å². The lowest BCUT2D eigenvalue weighted by Crippen LogP contribution is -2.21. The van der Waals surface area contributed by atoms with Crippen LogP contribution in [0.2, 0.25) is 0 Å². The van der Waals surface area contributed by atoms with Crippen LogP contribution in [0.15, 0.2) is 59.5 Å². The molecule has 0 unspecified atom stereocenters. The molecule has 1 aromatic heterocycles. The molecule has 0 bridgehead atoms. The van der Waals surface area contributed by atoms with Crippen LogP contribution in [0.3, 0.4) is 0 Å². The van der Waals surface area contributed by atoms with Crippen LogP contribution >= 0.6 is 0 Å². The first kappa shape index (κ1) is 13.8. The van der Waals surface area contributed by atoms with Gasteiger partial charge in [0, 0.05) is 25.0 Å². The third-order valence-electron chi connectivity index (χ3n) is 3.50. The van der Waals surface area contributed by atoms with Gasteiger partial charge in [-0.1, -0.05) is 18.2 Å². The molecule has 5 heteroatoms. The molecule has 2 heterocycles. The van der Waals surface area contributed by atoms with E-state index in [0.29, 0.717) is 22.5 Å². The van der Waals surface area contributed by atoms with Crippen molar-refractivity contribution in [2.75, 3.05) is 5.01 Å². The predicted octanol–water partition coefficient (Wildman–Crippen LogP) is 2.72. The van der Waals surface area contributed by atoms with Crippen molar-refractivity contribution in [3.8, 4) is 6.07 Å². The van der Waals surface area contributed by atoms with Crippen molar-refractivity contribution in [2.45, 2.75) is 6.92 Å². The quantitative estimate of drug-likeness (QED) is 0.630. The molecular weight excluding hydrogens is 276 g/mol. The molecule has 1 aromatic carbocycles. The monoisotopic (exact) mass is 290 g/mol. The maximum Gasteiger partial charge on any atom is 0.281 e. The summed E-state index contributed by atoms with van der Waals surface area (Å²) >= 11 is 0. The van der Waals surface area contributed by atoms with Crippen LogP contribution in [0, 0.1) is 11.3 Å². The highest BCUT2D eigenvalue weighted by atomic mass is 16.2. The lowest BCUT2D eigenvalue weighted by Gasteiger charge is -2.11. The summed E-state index contributed by atoms with van der Waals surface area (Å²) in [5.74, 6) is -0.274. The van der Waals surface area contributed by atoms with Crippen LogP contribution < -0.4 is 5.01 Å². The maximum absolute atomic E-state index is 12.7. The van der Waals surface area contributed by atoms with Gasteiger partial charge in [0.2, 0.25) is 0 Å². The first-order valence-electron chi connectivity index (χ1n) is 6.83. The summed E-state index contributed by atoms with van der Waals surface area (Å²) in [4.78, 5) is 12.7. The van der Waals surface area contributed by atoms with Gasteiger partial charge in [-0.2, -0.15) is 15.4 Å². The molecule has 2 aromatic rings. The zero-order chi connectivity index (χ0) is 15.7. The SMILES string of the molecule is CC1=NN(c2ccccc2)C(=O)/C1=C(/C#N)c1ccn(C)c1. The van der Waals surface area contributed by atoms with E-state index >= 15 is 0 Å². The van der Waals surface area contributed by atoms with Gasteiger partial charge in [0.15, 0.2) is 0 Å². The third-order valence-corrected chi connectivity index (χ3v) is 3.50. The zero-order valence-electron chi connectivity index (χ0n) is 12.3. The summed E-state index contributed by atoms with van der Waals surface area (Å²) in [5, 5.41) is 15.1. The molecule has 1 aliphatic heterocycles. The molecule has 0 saturated carbocycles. The summed E-state index contributed by atoms with van der Waals surface area (Å²) in [7, 11) is 1.87. The van der Waals surface area contributed by atoms with Crippen molar-refractivity contribution in [1.82, 2.24) is 4.57 Å². The van der Waals surface area contributed by atoms with Gasteiger partial charge in [-0.25, -0.2) is 0 Å². The number of para-hydroxylation sites is 1. The van der Waals surface area contributed by atoms with Crippen molar-refractivity contribution in [3.05, 3.63) is 59.9 Å². The number of allylic oxidation sites excluding steroid dienone is 1. The Morgan fingerprint density at radius 2 is 1.95 bits per heavy atom. The van der Waals surface area contributed by atoms with Gasteiger partial charge in [-0.15, -0.1) is 0 Å². The number of nitrogens with zero attached hydrogens (tertiary/aromatic N) is 4. The van der Waals surface area contributed by atoms with E-state index < -0.39 is 0 Å². The minimum Gasteiger partial charge on any atom is -0.357 e. The molecule has 5 nitrogen and oxygen atoms in total. The van der Waals surface area contributed by atoms with E-state index in [4.69, 9.17) is 0 Å². The second-order valence-electron chi connectivity index (χ2n) is 5.07. The van der Waals surface area contributed by atoms with Gasteiger partial charge in [-0.05, 0) is 25.1 Å². The number of rotatable bonds is 2. The molecule has 0 aliphatic carbocycles. The molecule has 1 aliphatic rings. The van der Waals surface area contributed by atoms with Crippen molar-refractivity contribution < 1.29 is 4.79 Å². The van der Waals surface area contributed by atoms with Gasteiger partial charge in [0.25, 0.3) is 5.91 Å². The van der Waals surface area contributed by atoms with Gasteiger partial charge in [0.05, 0.1) is 22.5 Å². The van der Waals surface area contributed by atoms with Crippen LogP contribution in [0.25, 0.3) is 5.57 Å². The van der Waals surface area contributed by atoms with E-state index in [0.717, 1.165) is 5.56 Å². The highest BCUT2D eigenvalue weighted by Crippen LogP contribution is 2.28. The molecule has 0 fully saturated rings. The van der Waals surface area contributed by atoms with Crippen molar-refractivity contribution in [3.63, 3.8) is 0 Å². The Kier molecular flexibility index (Phi) is 3.36. The number of carbonyl (C=O) groups excluding carboxylic acids is 1. The fourth-order valence-corrected chi connectivity index (χ4v) is 2.45. The molecule has 1 amide bonds. The molecule has 0 atom stereocenters. The minimum atomic E-state index is -0.274. The summed E-state index contributed by atoms with van der Waals surface area (Å²) in [6, 6.07) is 13.2. The Bertz CT molecular complexity index is 837. The van der Waals surface area contributed by atoms with Crippen molar-refractivity contribution in [1.29, 1.82) is 5.26 Å². The van der Waals surface area contributed by atoms with E-state index in [-0.39, 0.29) is 5.91 Å². The molecule has 3 rings (SSSR count). The second kappa shape index (κ2) is 5.34.